The average Bonchev–Trinajstić information content (AvgIpc) is 3.51. The smallest absolute Gasteiger partial charge is 0.268 e. The van der Waals surface area contributed by atoms with Gasteiger partial charge in [-0.15, -0.1) is 0 Å². The van der Waals surface area contributed by atoms with Crippen molar-refractivity contribution in [2.45, 2.75) is 20.4 Å². The molecule has 0 atom stereocenters. The van der Waals surface area contributed by atoms with Gasteiger partial charge in [0.05, 0.1) is 0 Å². The summed E-state index contributed by atoms with van der Waals surface area (Å²) >= 11 is 11.7. The number of halogens is 1. The van der Waals surface area contributed by atoms with Crippen LogP contribution in [0.5, 0.6) is 0 Å². The van der Waals surface area contributed by atoms with Gasteiger partial charge in [-0.05, 0) is 85.7 Å². The molecule has 2 amide bonds. The molecule has 1 heterocycles. The minimum atomic E-state index is -0.473. The van der Waals surface area contributed by atoms with Gasteiger partial charge in [0, 0.05) is 40.1 Å². The molecule has 4 N–H and O–H groups in total. The summed E-state index contributed by atoms with van der Waals surface area (Å²) in [6.45, 7) is 4.13. The second-order valence-corrected chi connectivity index (χ2v) is 11.1. The maximum atomic E-state index is 13.4. The molecule has 5 rings (SSSR count). The van der Waals surface area contributed by atoms with Gasteiger partial charge in [0.25, 0.3) is 11.8 Å². The van der Waals surface area contributed by atoms with Crippen molar-refractivity contribution in [2.24, 2.45) is 0 Å². The molecule has 0 aliphatic carbocycles. The Morgan fingerprint density at radius 1 is 0.844 bits per heavy atom. The first-order valence-corrected chi connectivity index (χ1v) is 15.0. The quantitative estimate of drug-likeness (QED) is 0.0966. The molecule has 0 saturated carbocycles. The van der Waals surface area contributed by atoms with Crippen LogP contribution in [0.3, 0.4) is 0 Å². The Labute approximate surface area is 272 Å². The van der Waals surface area contributed by atoms with E-state index in [9.17, 15) is 9.59 Å². The van der Waals surface area contributed by atoms with E-state index in [1.54, 1.807) is 30.3 Å². The highest BCUT2D eigenvalue weighted by Crippen LogP contribution is 2.25. The van der Waals surface area contributed by atoms with Crippen molar-refractivity contribution in [2.75, 3.05) is 10.6 Å². The summed E-state index contributed by atoms with van der Waals surface area (Å²) in [5.41, 5.74) is 5.78. The van der Waals surface area contributed by atoms with E-state index in [0.29, 0.717) is 27.2 Å². The number of amides is 2. The fraction of sp³-hybridized carbons (Fsp3) is 0.0833. The third-order valence-corrected chi connectivity index (χ3v) is 7.55. The van der Waals surface area contributed by atoms with Gasteiger partial charge < -0.3 is 25.7 Å². The minimum absolute atomic E-state index is 0.0465. The lowest BCUT2D eigenvalue weighted by molar-refractivity contribution is -0.117. The van der Waals surface area contributed by atoms with Crippen molar-refractivity contribution < 1.29 is 14.0 Å². The second kappa shape index (κ2) is 14.5. The number of anilines is 2. The summed E-state index contributed by atoms with van der Waals surface area (Å²) in [5, 5.41) is 13.0. The molecular formula is C36H31ClN4O3S. The van der Waals surface area contributed by atoms with E-state index in [0.717, 1.165) is 33.6 Å². The van der Waals surface area contributed by atoms with Crippen molar-refractivity contribution in [3.8, 4) is 11.3 Å². The van der Waals surface area contributed by atoms with E-state index in [4.69, 9.17) is 28.2 Å². The third-order valence-electron chi connectivity index (χ3n) is 6.93. The molecule has 0 bridgehead atoms. The van der Waals surface area contributed by atoms with E-state index in [2.05, 4.69) is 21.3 Å². The van der Waals surface area contributed by atoms with E-state index in [-0.39, 0.29) is 12.2 Å². The molecule has 1 aromatic heterocycles. The Morgan fingerprint density at radius 2 is 1.60 bits per heavy atom. The number of hydrogen-bond acceptors (Lipinski definition) is 4. The molecule has 5 aromatic rings. The van der Waals surface area contributed by atoms with Gasteiger partial charge in [-0.1, -0.05) is 77.8 Å². The Bertz CT molecular complexity index is 1870. The normalized spacial score (nSPS) is 11.0. The van der Waals surface area contributed by atoms with Crippen LogP contribution in [-0.4, -0.2) is 16.9 Å². The number of rotatable bonds is 9. The molecule has 0 aliphatic heterocycles. The van der Waals surface area contributed by atoms with Crippen molar-refractivity contribution in [1.82, 2.24) is 10.6 Å². The summed E-state index contributed by atoms with van der Waals surface area (Å²) < 4.78 is 6.01. The lowest BCUT2D eigenvalue weighted by Gasteiger charge is -2.14. The van der Waals surface area contributed by atoms with Crippen LogP contribution in [-0.2, 0) is 11.3 Å². The van der Waals surface area contributed by atoms with Crippen LogP contribution in [0.1, 0.15) is 32.8 Å². The van der Waals surface area contributed by atoms with Crippen LogP contribution < -0.4 is 21.3 Å². The predicted molar refractivity (Wildman–Crippen MR) is 185 cm³/mol. The number of benzene rings is 4. The standard InChI is InChI=1S/C36H31ClN4O3S/c1-23-14-16-26(17-15-23)33-19-18-29(44-33)21-32(40-34(42)27-9-4-3-5-10-27)35(43)38-22-25-8-6-11-28(20-25)39-36(45)41-31-13-7-12-30(37)24(31)2/h3-21H,22H2,1-2H3,(H,38,43)(H,40,42)(H2,39,41,45)/b32-21+. The van der Waals surface area contributed by atoms with Crippen molar-refractivity contribution >= 4 is 58.2 Å². The molecule has 0 saturated heterocycles. The van der Waals surface area contributed by atoms with Crippen LogP contribution in [0.2, 0.25) is 5.02 Å². The van der Waals surface area contributed by atoms with Gasteiger partial charge >= 0.3 is 0 Å². The van der Waals surface area contributed by atoms with Crippen LogP contribution in [0.15, 0.2) is 119 Å². The van der Waals surface area contributed by atoms with Crippen LogP contribution in [0, 0.1) is 13.8 Å². The average molecular weight is 635 g/mol. The summed E-state index contributed by atoms with van der Waals surface area (Å²) in [6, 6.07) is 33.3. The maximum absolute atomic E-state index is 13.4. The number of thiocarbonyl (C=S) groups is 1. The van der Waals surface area contributed by atoms with E-state index in [1.807, 2.05) is 92.7 Å². The fourth-order valence-corrected chi connectivity index (χ4v) is 4.85. The predicted octanol–water partition coefficient (Wildman–Crippen LogP) is 8.11. The van der Waals surface area contributed by atoms with Crippen molar-refractivity contribution in [3.05, 3.63) is 148 Å². The van der Waals surface area contributed by atoms with E-state index < -0.39 is 11.8 Å². The Balaban J connectivity index is 1.29. The second-order valence-electron chi connectivity index (χ2n) is 10.3. The van der Waals surface area contributed by atoms with Gasteiger partial charge in [0.15, 0.2) is 5.11 Å². The summed E-state index contributed by atoms with van der Waals surface area (Å²) in [4.78, 5) is 26.4. The monoisotopic (exact) mass is 634 g/mol. The first-order valence-electron chi connectivity index (χ1n) is 14.2. The summed E-state index contributed by atoms with van der Waals surface area (Å²) in [6.07, 6.45) is 1.52. The van der Waals surface area contributed by atoms with Gasteiger partial charge in [-0.2, -0.15) is 0 Å². The lowest BCUT2D eigenvalue weighted by atomic mass is 10.1. The Hall–Kier alpha value is -5.18. The zero-order valence-corrected chi connectivity index (χ0v) is 26.3. The van der Waals surface area contributed by atoms with Crippen molar-refractivity contribution in [3.63, 3.8) is 0 Å². The van der Waals surface area contributed by atoms with Gasteiger partial charge in [0.1, 0.15) is 17.2 Å². The number of carbonyl (C=O) groups excluding carboxylic acids is 2. The Kier molecular flexibility index (Phi) is 10.1. The molecule has 7 nitrogen and oxygen atoms in total. The first-order chi connectivity index (χ1) is 21.7. The molecule has 0 radical (unpaired) electrons. The summed E-state index contributed by atoms with van der Waals surface area (Å²) in [7, 11) is 0. The maximum Gasteiger partial charge on any atom is 0.268 e. The van der Waals surface area contributed by atoms with Gasteiger partial charge in [-0.25, -0.2) is 0 Å². The molecule has 9 heteroatoms. The molecule has 0 unspecified atom stereocenters. The number of nitrogens with one attached hydrogen (secondary N) is 4. The van der Waals surface area contributed by atoms with E-state index in [1.165, 1.54) is 6.08 Å². The number of carbonyl (C=O) groups is 2. The SMILES string of the molecule is Cc1ccc(-c2ccc(/C=C(/NC(=O)c3ccccc3)C(=O)NCc3cccc(NC(=S)Nc4cccc(Cl)c4C)c3)o2)cc1. The molecule has 4 aromatic carbocycles. The zero-order chi connectivity index (χ0) is 31.8. The molecule has 226 valence electrons. The largest absolute Gasteiger partial charge is 0.457 e. The van der Waals surface area contributed by atoms with Gasteiger partial charge in [0.2, 0.25) is 0 Å². The fourth-order valence-electron chi connectivity index (χ4n) is 4.45. The number of hydrogen-bond donors (Lipinski definition) is 4. The molecule has 45 heavy (non-hydrogen) atoms. The highest BCUT2D eigenvalue weighted by Gasteiger charge is 2.16. The molecular weight excluding hydrogens is 604 g/mol. The highest BCUT2D eigenvalue weighted by atomic mass is 35.5. The molecule has 0 spiro atoms. The zero-order valence-electron chi connectivity index (χ0n) is 24.7. The number of furan rings is 1. The molecule has 0 fully saturated rings. The third kappa shape index (κ3) is 8.47. The molecule has 0 aliphatic rings. The first kappa shape index (κ1) is 31.3. The lowest BCUT2D eigenvalue weighted by Crippen LogP contribution is -2.34. The summed E-state index contributed by atoms with van der Waals surface area (Å²) in [5.74, 6) is 0.188. The Morgan fingerprint density at radius 3 is 2.38 bits per heavy atom. The van der Waals surface area contributed by atoms with Gasteiger partial charge in [-0.3, -0.25) is 9.59 Å². The van der Waals surface area contributed by atoms with Crippen LogP contribution in [0.4, 0.5) is 11.4 Å². The van der Waals surface area contributed by atoms with Crippen LogP contribution >= 0.6 is 23.8 Å². The topological polar surface area (TPSA) is 95.4 Å². The number of aryl methyl sites for hydroxylation is 1. The minimum Gasteiger partial charge on any atom is -0.457 e. The van der Waals surface area contributed by atoms with E-state index >= 15 is 0 Å². The highest BCUT2D eigenvalue weighted by molar-refractivity contribution is 7.80. The van der Waals surface area contributed by atoms with Crippen LogP contribution in [0.25, 0.3) is 17.4 Å². The van der Waals surface area contributed by atoms with Crippen molar-refractivity contribution in [1.29, 1.82) is 0 Å².